The zero-order valence-corrected chi connectivity index (χ0v) is 12.4. The molecular formula is C17H18F3NO. The van der Waals surface area contributed by atoms with E-state index in [-0.39, 0.29) is 12.0 Å². The molecule has 0 amide bonds. The summed E-state index contributed by atoms with van der Waals surface area (Å²) >= 11 is 0. The fourth-order valence-electron chi connectivity index (χ4n) is 2.39. The first-order valence-electron chi connectivity index (χ1n) is 6.87. The summed E-state index contributed by atoms with van der Waals surface area (Å²) in [5.41, 5.74) is 5.61. The van der Waals surface area contributed by atoms with Crippen molar-refractivity contribution in [2.45, 2.75) is 32.3 Å². The average Bonchev–Trinajstić information content (AvgIpc) is 2.39. The fourth-order valence-corrected chi connectivity index (χ4v) is 2.39. The van der Waals surface area contributed by atoms with Gasteiger partial charge in [-0.2, -0.15) is 0 Å². The monoisotopic (exact) mass is 309 g/mol. The van der Waals surface area contributed by atoms with E-state index in [1.165, 1.54) is 18.2 Å². The number of hydrogen-bond acceptors (Lipinski definition) is 2. The van der Waals surface area contributed by atoms with Crippen LogP contribution in [0.15, 0.2) is 36.4 Å². The number of anilines is 1. The van der Waals surface area contributed by atoms with Gasteiger partial charge in [-0.15, -0.1) is 0 Å². The van der Waals surface area contributed by atoms with E-state index in [1.54, 1.807) is 26.0 Å². The van der Waals surface area contributed by atoms with Crippen molar-refractivity contribution in [2.24, 2.45) is 0 Å². The minimum absolute atomic E-state index is 0.0596. The molecule has 0 aliphatic heterocycles. The predicted octanol–water partition coefficient (Wildman–Crippen LogP) is 4.33. The molecule has 2 nitrogen and oxygen atoms in total. The van der Waals surface area contributed by atoms with E-state index in [0.717, 1.165) is 6.07 Å². The van der Waals surface area contributed by atoms with Crippen LogP contribution in [-0.2, 0) is 6.42 Å². The van der Waals surface area contributed by atoms with Crippen molar-refractivity contribution >= 4 is 5.69 Å². The molecule has 0 fully saturated rings. The van der Waals surface area contributed by atoms with Gasteiger partial charge in [-0.1, -0.05) is 24.3 Å². The van der Waals surface area contributed by atoms with Crippen LogP contribution >= 0.6 is 0 Å². The van der Waals surface area contributed by atoms with Crippen LogP contribution in [0.2, 0.25) is 0 Å². The molecule has 5 heteroatoms. The van der Waals surface area contributed by atoms with E-state index < -0.39 is 23.4 Å². The summed E-state index contributed by atoms with van der Waals surface area (Å²) in [6.07, 6.45) is -2.64. The van der Waals surface area contributed by atoms with Crippen molar-refractivity contribution in [1.29, 1.82) is 0 Å². The van der Waals surface area contributed by atoms with Crippen molar-refractivity contribution < 1.29 is 18.3 Å². The second kappa shape index (κ2) is 6.01. The number of nitrogens with two attached hydrogens (primary N) is 1. The Morgan fingerprint density at radius 2 is 1.82 bits per heavy atom. The van der Waals surface area contributed by atoms with Crippen molar-refractivity contribution in [1.82, 2.24) is 0 Å². The standard InChI is InChI=1S/C17H18F3NO/c1-17(2,22)9-10-6-7-11(21)8-14(10)12-4-3-5-13(15(12)18)16(19)20/h3-8,16,22H,9,21H2,1-2H3. The molecule has 2 rings (SSSR count). The van der Waals surface area contributed by atoms with E-state index in [4.69, 9.17) is 5.73 Å². The second-order valence-corrected chi connectivity index (χ2v) is 5.92. The second-order valence-electron chi connectivity index (χ2n) is 5.92. The Morgan fingerprint density at radius 1 is 1.14 bits per heavy atom. The summed E-state index contributed by atoms with van der Waals surface area (Å²) in [4.78, 5) is 0. The average molecular weight is 309 g/mol. The number of rotatable bonds is 4. The largest absolute Gasteiger partial charge is 0.399 e. The molecule has 2 aromatic carbocycles. The Kier molecular flexibility index (Phi) is 4.47. The lowest BCUT2D eigenvalue weighted by Crippen LogP contribution is -2.22. The molecule has 0 aromatic heterocycles. The first kappa shape index (κ1) is 16.4. The van der Waals surface area contributed by atoms with Gasteiger partial charge in [0.15, 0.2) is 0 Å². The summed E-state index contributed by atoms with van der Waals surface area (Å²) in [5.74, 6) is -0.958. The van der Waals surface area contributed by atoms with Crippen LogP contribution in [0.25, 0.3) is 11.1 Å². The highest BCUT2D eigenvalue weighted by Gasteiger charge is 2.21. The van der Waals surface area contributed by atoms with Gasteiger partial charge in [0.1, 0.15) is 5.82 Å². The van der Waals surface area contributed by atoms with Gasteiger partial charge in [0.2, 0.25) is 0 Å². The SMILES string of the molecule is CC(C)(O)Cc1ccc(N)cc1-c1cccc(C(F)F)c1F. The van der Waals surface area contributed by atoms with Gasteiger partial charge >= 0.3 is 0 Å². The molecule has 0 heterocycles. The van der Waals surface area contributed by atoms with Crippen molar-refractivity contribution in [3.8, 4) is 11.1 Å². The molecular weight excluding hydrogens is 291 g/mol. The summed E-state index contributed by atoms with van der Waals surface area (Å²) in [5, 5.41) is 9.98. The van der Waals surface area contributed by atoms with Gasteiger partial charge in [0, 0.05) is 17.7 Å². The summed E-state index contributed by atoms with van der Waals surface area (Å²) in [6, 6.07) is 8.73. The molecule has 118 valence electrons. The number of aliphatic hydroxyl groups is 1. The zero-order chi connectivity index (χ0) is 16.5. The van der Waals surface area contributed by atoms with Gasteiger partial charge in [0.25, 0.3) is 6.43 Å². The van der Waals surface area contributed by atoms with Crippen LogP contribution in [0.1, 0.15) is 31.4 Å². The smallest absolute Gasteiger partial charge is 0.266 e. The van der Waals surface area contributed by atoms with Gasteiger partial charge in [-0.3, -0.25) is 0 Å². The Morgan fingerprint density at radius 3 is 2.41 bits per heavy atom. The zero-order valence-electron chi connectivity index (χ0n) is 12.4. The van der Waals surface area contributed by atoms with Crippen LogP contribution in [0.4, 0.5) is 18.9 Å². The summed E-state index contributed by atoms with van der Waals surface area (Å²) < 4.78 is 40.1. The molecule has 22 heavy (non-hydrogen) atoms. The van der Waals surface area contributed by atoms with Gasteiger partial charge in [0.05, 0.1) is 11.2 Å². The number of nitrogen functional groups attached to an aromatic ring is 1. The van der Waals surface area contributed by atoms with E-state index >= 15 is 0 Å². The van der Waals surface area contributed by atoms with E-state index in [0.29, 0.717) is 16.8 Å². The number of halogens is 3. The molecule has 2 aromatic rings. The van der Waals surface area contributed by atoms with Crippen molar-refractivity contribution in [3.63, 3.8) is 0 Å². The lowest BCUT2D eigenvalue weighted by atomic mass is 9.90. The van der Waals surface area contributed by atoms with Crippen LogP contribution in [0.5, 0.6) is 0 Å². The van der Waals surface area contributed by atoms with Crippen LogP contribution in [-0.4, -0.2) is 10.7 Å². The normalized spacial score (nSPS) is 12.0. The highest BCUT2D eigenvalue weighted by molar-refractivity contribution is 5.72. The van der Waals surface area contributed by atoms with Gasteiger partial charge < -0.3 is 10.8 Å². The third-order valence-electron chi connectivity index (χ3n) is 3.31. The predicted molar refractivity (Wildman–Crippen MR) is 81.2 cm³/mol. The quantitative estimate of drug-likeness (QED) is 0.826. The van der Waals surface area contributed by atoms with E-state index in [9.17, 15) is 18.3 Å². The Hall–Kier alpha value is -2.01. The minimum atomic E-state index is -2.89. The number of hydrogen-bond donors (Lipinski definition) is 2. The van der Waals surface area contributed by atoms with Crippen molar-refractivity contribution in [2.75, 3.05) is 5.73 Å². The third kappa shape index (κ3) is 3.60. The van der Waals surface area contributed by atoms with E-state index in [1.807, 2.05) is 0 Å². The lowest BCUT2D eigenvalue weighted by Gasteiger charge is -2.20. The maximum Gasteiger partial charge on any atom is 0.266 e. The molecule has 0 bridgehead atoms. The Bertz CT molecular complexity index is 678. The molecule has 0 aliphatic carbocycles. The molecule has 3 N–H and O–H groups in total. The maximum absolute atomic E-state index is 14.4. The van der Waals surface area contributed by atoms with Gasteiger partial charge in [-0.05, 0) is 37.1 Å². The highest BCUT2D eigenvalue weighted by atomic mass is 19.3. The first-order chi connectivity index (χ1) is 10.2. The summed E-state index contributed by atoms with van der Waals surface area (Å²) in [7, 11) is 0. The highest BCUT2D eigenvalue weighted by Crippen LogP contribution is 2.34. The Balaban J connectivity index is 2.62. The fraction of sp³-hybridized carbons (Fsp3) is 0.294. The lowest BCUT2D eigenvalue weighted by molar-refractivity contribution is 0.0811. The number of alkyl halides is 2. The van der Waals surface area contributed by atoms with Crippen molar-refractivity contribution in [3.05, 3.63) is 53.3 Å². The molecule has 0 spiro atoms. The minimum Gasteiger partial charge on any atom is -0.399 e. The van der Waals surface area contributed by atoms with Crippen LogP contribution in [0, 0.1) is 5.82 Å². The van der Waals surface area contributed by atoms with Crippen LogP contribution < -0.4 is 5.73 Å². The topological polar surface area (TPSA) is 46.2 Å². The summed E-state index contributed by atoms with van der Waals surface area (Å²) in [6.45, 7) is 3.25. The molecule has 0 unspecified atom stereocenters. The Labute approximate surface area is 127 Å². The van der Waals surface area contributed by atoms with Gasteiger partial charge in [-0.25, -0.2) is 13.2 Å². The molecule has 0 atom stereocenters. The molecule has 0 saturated heterocycles. The third-order valence-corrected chi connectivity index (χ3v) is 3.31. The number of benzene rings is 2. The molecule has 0 radical (unpaired) electrons. The molecule has 0 saturated carbocycles. The van der Waals surface area contributed by atoms with E-state index in [2.05, 4.69) is 0 Å². The molecule has 0 aliphatic rings. The maximum atomic E-state index is 14.4. The first-order valence-corrected chi connectivity index (χ1v) is 6.87. The van der Waals surface area contributed by atoms with Crippen LogP contribution in [0.3, 0.4) is 0 Å².